The molecule has 0 bridgehead atoms. The van der Waals surface area contributed by atoms with Gasteiger partial charge < -0.3 is 19.7 Å². The first kappa shape index (κ1) is 16.8. The van der Waals surface area contributed by atoms with E-state index in [1.807, 2.05) is 25.1 Å². The Kier molecular flexibility index (Phi) is 4.61. The van der Waals surface area contributed by atoms with E-state index in [2.05, 4.69) is 5.32 Å². The second-order valence-electron chi connectivity index (χ2n) is 5.99. The van der Waals surface area contributed by atoms with Gasteiger partial charge in [-0.3, -0.25) is 9.59 Å². The first-order chi connectivity index (χ1) is 11.9. The van der Waals surface area contributed by atoms with Gasteiger partial charge in [0.05, 0.1) is 5.69 Å². The van der Waals surface area contributed by atoms with E-state index in [-0.39, 0.29) is 18.4 Å². The van der Waals surface area contributed by atoms with Gasteiger partial charge in [-0.1, -0.05) is 12.1 Å². The monoisotopic (exact) mass is 340 g/mol. The van der Waals surface area contributed by atoms with Crippen LogP contribution < -0.4 is 19.7 Å². The minimum absolute atomic E-state index is 0.0944. The first-order valence-electron chi connectivity index (χ1n) is 8.01. The van der Waals surface area contributed by atoms with Crippen molar-refractivity contribution in [2.24, 2.45) is 0 Å². The highest BCUT2D eigenvalue weighted by Gasteiger charge is 2.29. The zero-order valence-electron chi connectivity index (χ0n) is 14.4. The van der Waals surface area contributed by atoms with Crippen molar-refractivity contribution in [3.8, 4) is 11.5 Å². The molecule has 0 spiro atoms. The minimum Gasteiger partial charge on any atom is -0.484 e. The summed E-state index contributed by atoms with van der Waals surface area (Å²) in [4.78, 5) is 25.6. The SMILES string of the molecule is Cc1cccc(OCC(=O)Nc2ccc3c(c2)N(C)C(=O)[C@H](C)O3)c1. The van der Waals surface area contributed by atoms with Gasteiger partial charge in [0.15, 0.2) is 12.7 Å². The average Bonchev–Trinajstić information content (AvgIpc) is 2.59. The normalized spacial score (nSPS) is 16.0. The van der Waals surface area contributed by atoms with Crippen molar-refractivity contribution in [3.05, 3.63) is 48.0 Å². The predicted octanol–water partition coefficient (Wildman–Crippen LogP) is 2.76. The lowest BCUT2D eigenvalue weighted by Crippen LogP contribution is -2.42. The number of nitrogens with zero attached hydrogens (tertiary/aromatic N) is 1. The Labute approximate surface area is 146 Å². The van der Waals surface area contributed by atoms with Crippen molar-refractivity contribution in [2.75, 3.05) is 23.9 Å². The van der Waals surface area contributed by atoms with Gasteiger partial charge in [0.2, 0.25) is 0 Å². The molecule has 0 aromatic heterocycles. The summed E-state index contributed by atoms with van der Waals surface area (Å²) >= 11 is 0. The van der Waals surface area contributed by atoms with Crippen molar-refractivity contribution in [1.29, 1.82) is 0 Å². The van der Waals surface area contributed by atoms with Gasteiger partial charge in [-0.15, -0.1) is 0 Å². The van der Waals surface area contributed by atoms with Crippen LogP contribution in [0.15, 0.2) is 42.5 Å². The molecule has 25 heavy (non-hydrogen) atoms. The highest BCUT2D eigenvalue weighted by atomic mass is 16.5. The molecule has 2 aromatic rings. The third-order valence-corrected chi connectivity index (χ3v) is 3.95. The number of amides is 2. The van der Waals surface area contributed by atoms with Gasteiger partial charge in [-0.2, -0.15) is 0 Å². The Bertz CT molecular complexity index is 819. The second kappa shape index (κ2) is 6.84. The molecule has 0 radical (unpaired) electrons. The van der Waals surface area contributed by atoms with Gasteiger partial charge in [0.1, 0.15) is 11.5 Å². The Morgan fingerprint density at radius 1 is 1.28 bits per heavy atom. The third-order valence-electron chi connectivity index (χ3n) is 3.95. The molecule has 0 aliphatic carbocycles. The van der Waals surface area contributed by atoms with E-state index in [1.54, 1.807) is 38.2 Å². The maximum absolute atomic E-state index is 12.1. The first-order valence-corrected chi connectivity index (χ1v) is 8.01. The summed E-state index contributed by atoms with van der Waals surface area (Å²) in [5.41, 5.74) is 2.27. The van der Waals surface area contributed by atoms with Crippen LogP contribution in [0.3, 0.4) is 0 Å². The number of hydrogen-bond acceptors (Lipinski definition) is 4. The van der Waals surface area contributed by atoms with Gasteiger partial charge in [0, 0.05) is 12.7 Å². The van der Waals surface area contributed by atoms with Crippen molar-refractivity contribution >= 4 is 23.2 Å². The highest BCUT2D eigenvalue weighted by molar-refractivity contribution is 6.00. The largest absolute Gasteiger partial charge is 0.484 e. The fraction of sp³-hybridized carbons (Fsp3) is 0.263. The number of aryl methyl sites for hydroxylation is 1. The van der Waals surface area contributed by atoms with Gasteiger partial charge in [-0.05, 0) is 49.7 Å². The number of likely N-dealkylation sites (N-methyl/N-ethyl adjacent to an activating group) is 1. The quantitative estimate of drug-likeness (QED) is 0.929. The maximum Gasteiger partial charge on any atom is 0.267 e. The highest BCUT2D eigenvalue weighted by Crippen LogP contribution is 2.35. The summed E-state index contributed by atoms with van der Waals surface area (Å²) in [5, 5.41) is 2.77. The number of ether oxygens (including phenoxy) is 2. The number of hydrogen-bond donors (Lipinski definition) is 1. The molecule has 1 N–H and O–H groups in total. The molecule has 1 aliphatic rings. The molecule has 0 fully saturated rings. The van der Waals surface area contributed by atoms with Crippen LogP contribution in [0.25, 0.3) is 0 Å². The number of carbonyl (C=O) groups is 2. The number of nitrogens with one attached hydrogen (secondary N) is 1. The fourth-order valence-electron chi connectivity index (χ4n) is 2.64. The lowest BCUT2D eigenvalue weighted by molar-refractivity contribution is -0.125. The summed E-state index contributed by atoms with van der Waals surface area (Å²) < 4.78 is 11.0. The van der Waals surface area contributed by atoms with Crippen LogP contribution in [0, 0.1) is 6.92 Å². The molecule has 2 aromatic carbocycles. The maximum atomic E-state index is 12.1. The Hall–Kier alpha value is -3.02. The lowest BCUT2D eigenvalue weighted by atomic mass is 10.2. The molecule has 0 unspecified atom stereocenters. The molecule has 6 nitrogen and oxygen atoms in total. The van der Waals surface area contributed by atoms with Crippen LogP contribution >= 0.6 is 0 Å². The van der Waals surface area contributed by atoms with Gasteiger partial charge in [-0.25, -0.2) is 0 Å². The Morgan fingerprint density at radius 2 is 2.08 bits per heavy atom. The molecule has 0 saturated heterocycles. The number of anilines is 2. The molecule has 130 valence electrons. The predicted molar refractivity (Wildman–Crippen MR) is 95.2 cm³/mol. The standard InChI is InChI=1S/C19H20N2O4/c1-12-5-4-6-15(9-12)24-11-18(22)20-14-7-8-17-16(10-14)21(3)19(23)13(2)25-17/h4-10,13H,11H2,1-3H3,(H,20,22)/t13-/m0/s1. The number of fused-ring (bicyclic) bond motifs is 1. The van der Waals surface area contributed by atoms with Gasteiger partial charge in [0.25, 0.3) is 11.8 Å². The summed E-state index contributed by atoms with van der Waals surface area (Å²) in [6.07, 6.45) is -0.513. The Morgan fingerprint density at radius 3 is 2.84 bits per heavy atom. The summed E-state index contributed by atoms with van der Waals surface area (Å²) in [6.45, 7) is 3.57. The molecular formula is C19H20N2O4. The summed E-state index contributed by atoms with van der Waals surface area (Å²) in [5.74, 6) is 0.858. The molecule has 6 heteroatoms. The van der Waals surface area contributed by atoms with Crippen molar-refractivity contribution in [1.82, 2.24) is 0 Å². The molecule has 1 heterocycles. The van der Waals surface area contributed by atoms with E-state index < -0.39 is 6.10 Å². The van der Waals surface area contributed by atoms with Crippen LogP contribution in [0.4, 0.5) is 11.4 Å². The smallest absolute Gasteiger partial charge is 0.267 e. The number of benzene rings is 2. The van der Waals surface area contributed by atoms with E-state index in [0.29, 0.717) is 22.9 Å². The topological polar surface area (TPSA) is 67.9 Å². The van der Waals surface area contributed by atoms with Gasteiger partial charge >= 0.3 is 0 Å². The molecular weight excluding hydrogens is 320 g/mol. The van der Waals surface area contributed by atoms with E-state index >= 15 is 0 Å². The molecule has 1 aliphatic heterocycles. The van der Waals surface area contributed by atoms with Crippen LogP contribution in [0.2, 0.25) is 0 Å². The molecule has 1 atom stereocenters. The van der Waals surface area contributed by atoms with Crippen LogP contribution in [0.1, 0.15) is 12.5 Å². The average molecular weight is 340 g/mol. The van der Waals surface area contributed by atoms with Crippen molar-refractivity contribution in [2.45, 2.75) is 20.0 Å². The third kappa shape index (κ3) is 3.74. The minimum atomic E-state index is -0.513. The summed E-state index contributed by atoms with van der Waals surface area (Å²) in [6, 6.07) is 12.7. The fourth-order valence-corrected chi connectivity index (χ4v) is 2.64. The zero-order chi connectivity index (χ0) is 18.0. The number of rotatable bonds is 4. The van der Waals surface area contributed by atoms with Crippen molar-refractivity contribution in [3.63, 3.8) is 0 Å². The van der Waals surface area contributed by atoms with E-state index in [0.717, 1.165) is 5.56 Å². The summed E-state index contributed by atoms with van der Waals surface area (Å²) in [7, 11) is 1.69. The van der Waals surface area contributed by atoms with E-state index in [9.17, 15) is 9.59 Å². The second-order valence-corrected chi connectivity index (χ2v) is 5.99. The molecule has 2 amide bonds. The zero-order valence-corrected chi connectivity index (χ0v) is 14.4. The van der Waals surface area contributed by atoms with Crippen LogP contribution in [-0.4, -0.2) is 31.6 Å². The van der Waals surface area contributed by atoms with E-state index in [1.165, 1.54) is 4.90 Å². The number of carbonyl (C=O) groups excluding carboxylic acids is 2. The van der Waals surface area contributed by atoms with E-state index in [4.69, 9.17) is 9.47 Å². The van der Waals surface area contributed by atoms with Crippen LogP contribution in [-0.2, 0) is 9.59 Å². The molecule has 0 saturated carbocycles. The van der Waals surface area contributed by atoms with Crippen LogP contribution in [0.5, 0.6) is 11.5 Å². The Balaban J connectivity index is 1.65. The van der Waals surface area contributed by atoms with Crippen molar-refractivity contribution < 1.29 is 19.1 Å². The molecule has 3 rings (SSSR count). The lowest BCUT2D eigenvalue weighted by Gasteiger charge is -2.30.